The van der Waals surface area contributed by atoms with E-state index in [9.17, 15) is 14.4 Å². The maximum atomic E-state index is 13.3. The van der Waals surface area contributed by atoms with E-state index < -0.39 is 5.56 Å². The highest BCUT2D eigenvalue weighted by atomic mass is 19.1. The summed E-state index contributed by atoms with van der Waals surface area (Å²) in [5.41, 5.74) is 4.91. The molecule has 25 heavy (non-hydrogen) atoms. The van der Waals surface area contributed by atoms with Crippen molar-refractivity contribution in [2.24, 2.45) is 0 Å². The summed E-state index contributed by atoms with van der Waals surface area (Å²) in [5.74, 6) is -0.344. The van der Waals surface area contributed by atoms with Crippen LogP contribution in [0.5, 0.6) is 0 Å². The number of aromatic amines is 1. The van der Waals surface area contributed by atoms with Gasteiger partial charge in [0.05, 0.1) is 5.69 Å². The average molecular weight is 330 g/mol. The van der Waals surface area contributed by atoms with Gasteiger partial charge in [-0.05, 0) is 48.1 Å². The molecule has 0 atom stereocenters. The Hall–Kier alpha value is -3.19. The Morgan fingerprint density at radius 2 is 1.80 bits per heavy atom. The molecule has 3 aromatic rings. The van der Waals surface area contributed by atoms with Crippen LogP contribution in [0.1, 0.15) is 23.1 Å². The highest BCUT2D eigenvalue weighted by Gasteiger charge is 2.23. The van der Waals surface area contributed by atoms with Crippen molar-refractivity contribution >= 4 is 0 Å². The van der Waals surface area contributed by atoms with Crippen molar-refractivity contribution < 1.29 is 4.39 Å². The van der Waals surface area contributed by atoms with E-state index in [-0.39, 0.29) is 11.4 Å². The fourth-order valence-corrected chi connectivity index (χ4v) is 3.60. The summed E-state index contributed by atoms with van der Waals surface area (Å²) in [4.78, 5) is 15.5. The molecule has 0 unspecified atom stereocenters. The minimum atomic E-state index is -0.405. The standard InChI is InChI=1S/C21H15FN2O/c22-15-10-8-14(9-11-15)19-17-7-3-5-13-4-1-2-6-16(13)20(17)24-21(25)18(19)12-23/h1-2,4,6,8-11H,3,5,7H2,(H,24,25). The van der Waals surface area contributed by atoms with Gasteiger partial charge in [-0.3, -0.25) is 4.79 Å². The first-order chi connectivity index (χ1) is 12.2. The van der Waals surface area contributed by atoms with Crippen LogP contribution in [0.25, 0.3) is 22.4 Å². The highest BCUT2D eigenvalue weighted by molar-refractivity contribution is 5.81. The molecule has 0 spiro atoms. The number of aromatic nitrogens is 1. The zero-order valence-electron chi connectivity index (χ0n) is 13.5. The quantitative estimate of drug-likeness (QED) is 0.727. The smallest absolute Gasteiger partial charge is 0.266 e. The summed E-state index contributed by atoms with van der Waals surface area (Å²) in [6.45, 7) is 0. The van der Waals surface area contributed by atoms with Crippen LogP contribution >= 0.6 is 0 Å². The van der Waals surface area contributed by atoms with Crippen LogP contribution in [0.15, 0.2) is 53.3 Å². The number of benzene rings is 2. The molecular weight excluding hydrogens is 315 g/mol. The molecule has 2 aromatic carbocycles. The maximum absolute atomic E-state index is 13.3. The summed E-state index contributed by atoms with van der Waals surface area (Å²) < 4.78 is 13.3. The van der Waals surface area contributed by atoms with Crippen molar-refractivity contribution in [3.63, 3.8) is 0 Å². The van der Waals surface area contributed by atoms with Crippen LogP contribution in [0.2, 0.25) is 0 Å². The minimum absolute atomic E-state index is 0.0877. The third-order valence-corrected chi connectivity index (χ3v) is 4.72. The first-order valence-corrected chi connectivity index (χ1v) is 8.22. The van der Waals surface area contributed by atoms with Crippen LogP contribution in [-0.4, -0.2) is 4.98 Å². The molecule has 3 nitrogen and oxygen atoms in total. The summed E-state index contributed by atoms with van der Waals surface area (Å²) in [5, 5.41) is 9.54. The van der Waals surface area contributed by atoms with Crippen molar-refractivity contribution in [1.29, 1.82) is 5.26 Å². The van der Waals surface area contributed by atoms with Gasteiger partial charge in [0.1, 0.15) is 17.4 Å². The van der Waals surface area contributed by atoms with Gasteiger partial charge in [0.15, 0.2) is 0 Å². The number of aryl methyl sites for hydroxylation is 1. The van der Waals surface area contributed by atoms with E-state index in [0.29, 0.717) is 11.1 Å². The lowest BCUT2D eigenvalue weighted by Gasteiger charge is -2.15. The third kappa shape index (κ3) is 2.54. The van der Waals surface area contributed by atoms with Crippen LogP contribution in [-0.2, 0) is 12.8 Å². The molecule has 0 radical (unpaired) electrons. The predicted octanol–water partition coefficient (Wildman–Crippen LogP) is 4.21. The lowest BCUT2D eigenvalue weighted by Crippen LogP contribution is -2.16. The number of pyridine rings is 1. The average Bonchev–Trinajstić information content (AvgIpc) is 2.81. The molecule has 0 aliphatic heterocycles. The molecule has 1 heterocycles. The van der Waals surface area contributed by atoms with Gasteiger partial charge in [0, 0.05) is 11.1 Å². The first-order valence-electron chi connectivity index (χ1n) is 8.22. The van der Waals surface area contributed by atoms with E-state index in [1.165, 1.54) is 17.7 Å². The molecule has 0 fully saturated rings. The molecule has 1 aliphatic carbocycles. The predicted molar refractivity (Wildman–Crippen MR) is 94.6 cm³/mol. The third-order valence-electron chi connectivity index (χ3n) is 4.72. The van der Waals surface area contributed by atoms with Gasteiger partial charge in [-0.2, -0.15) is 5.26 Å². The number of nitrogens with zero attached hydrogens (tertiary/aromatic N) is 1. The zero-order valence-corrected chi connectivity index (χ0v) is 13.5. The van der Waals surface area contributed by atoms with E-state index in [2.05, 4.69) is 11.1 Å². The lowest BCUT2D eigenvalue weighted by atomic mass is 9.91. The molecular formula is C21H15FN2O. The van der Waals surface area contributed by atoms with Crippen molar-refractivity contribution in [2.75, 3.05) is 0 Å². The van der Waals surface area contributed by atoms with Crippen LogP contribution in [0, 0.1) is 17.1 Å². The monoisotopic (exact) mass is 330 g/mol. The number of hydrogen-bond acceptors (Lipinski definition) is 2. The second-order valence-electron chi connectivity index (χ2n) is 6.19. The summed E-state index contributed by atoms with van der Waals surface area (Å²) >= 11 is 0. The van der Waals surface area contributed by atoms with Gasteiger partial charge in [0.25, 0.3) is 5.56 Å². The largest absolute Gasteiger partial charge is 0.320 e. The van der Waals surface area contributed by atoms with Gasteiger partial charge in [0.2, 0.25) is 0 Å². The van der Waals surface area contributed by atoms with E-state index in [1.807, 2.05) is 24.3 Å². The summed E-state index contributed by atoms with van der Waals surface area (Å²) in [6.07, 6.45) is 2.59. The number of nitrogens with one attached hydrogen (secondary N) is 1. The highest BCUT2D eigenvalue weighted by Crippen LogP contribution is 2.37. The number of nitriles is 1. The Morgan fingerprint density at radius 1 is 1.04 bits per heavy atom. The number of hydrogen-bond donors (Lipinski definition) is 1. The molecule has 0 bridgehead atoms. The van der Waals surface area contributed by atoms with Gasteiger partial charge in [-0.25, -0.2) is 4.39 Å². The molecule has 1 N–H and O–H groups in total. The fourth-order valence-electron chi connectivity index (χ4n) is 3.60. The van der Waals surface area contributed by atoms with E-state index in [4.69, 9.17) is 0 Å². The van der Waals surface area contributed by atoms with Crippen molar-refractivity contribution in [3.05, 3.63) is 81.4 Å². The molecule has 0 amide bonds. The summed E-state index contributed by atoms with van der Waals surface area (Å²) in [6, 6.07) is 16.0. The van der Waals surface area contributed by atoms with Gasteiger partial charge < -0.3 is 4.98 Å². The second-order valence-corrected chi connectivity index (χ2v) is 6.19. The van der Waals surface area contributed by atoms with Crippen LogP contribution in [0.3, 0.4) is 0 Å². The summed E-state index contributed by atoms with van der Waals surface area (Å²) in [7, 11) is 0. The Bertz CT molecular complexity index is 1060. The second kappa shape index (κ2) is 6.03. The minimum Gasteiger partial charge on any atom is -0.320 e. The topological polar surface area (TPSA) is 56.6 Å². The fraction of sp³-hybridized carbons (Fsp3) is 0.143. The lowest BCUT2D eigenvalue weighted by molar-refractivity contribution is 0.628. The van der Waals surface area contributed by atoms with Gasteiger partial charge in [-0.1, -0.05) is 36.4 Å². The Morgan fingerprint density at radius 3 is 2.56 bits per heavy atom. The molecule has 122 valence electrons. The van der Waals surface area contributed by atoms with Crippen LogP contribution in [0.4, 0.5) is 4.39 Å². The van der Waals surface area contributed by atoms with Crippen molar-refractivity contribution in [2.45, 2.75) is 19.3 Å². The van der Waals surface area contributed by atoms with Crippen molar-refractivity contribution in [1.82, 2.24) is 4.98 Å². The number of rotatable bonds is 1. The van der Waals surface area contributed by atoms with E-state index in [1.54, 1.807) is 12.1 Å². The first kappa shape index (κ1) is 15.3. The molecule has 4 rings (SSSR count). The SMILES string of the molecule is N#Cc1c(-c2ccc(F)cc2)c2c([nH]c1=O)-c1ccccc1CCC2. The van der Waals surface area contributed by atoms with Gasteiger partial charge in [-0.15, -0.1) is 0 Å². The number of halogens is 1. The molecule has 1 aliphatic rings. The Balaban J connectivity index is 2.09. The Labute approximate surface area is 144 Å². The molecule has 4 heteroatoms. The molecule has 1 aromatic heterocycles. The van der Waals surface area contributed by atoms with E-state index >= 15 is 0 Å². The maximum Gasteiger partial charge on any atom is 0.266 e. The molecule has 0 saturated carbocycles. The van der Waals surface area contributed by atoms with Crippen molar-refractivity contribution in [3.8, 4) is 28.5 Å². The number of fused-ring (bicyclic) bond motifs is 3. The number of H-pyrrole nitrogens is 1. The Kier molecular flexibility index (Phi) is 3.70. The molecule has 0 saturated heterocycles. The normalized spacial score (nSPS) is 12.6. The zero-order chi connectivity index (χ0) is 17.4. The van der Waals surface area contributed by atoms with Gasteiger partial charge >= 0.3 is 0 Å². The van der Waals surface area contributed by atoms with E-state index in [0.717, 1.165) is 36.1 Å². The van der Waals surface area contributed by atoms with Crippen LogP contribution < -0.4 is 5.56 Å².